The van der Waals surface area contributed by atoms with Gasteiger partial charge in [-0.25, -0.2) is 0 Å². The fourth-order valence-corrected chi connectivity index (χ4v) is 4.12. The van der Waals surface area contributed by atoms with Crippen molar-refractivity contribution >= 4 is 34.8 Å². The summed E-state index contributed by atoms with van der Waals surface area (Å²) in [5, 5.41) is 5.91. The molecule has 35 heavy (non-hydrogen) atoms. The summed E-state index contributed by atoms with van der Waals surface area (Å²) in [6, 6.07) is 23.5. The molecule has 3 aromatic rings. The number of amides is 3. The molecule has 0 aromatic heterocycles. The summed E-state index contributed by atoms with van der Waals surface area (Å²) in [5.74, 6) is -0.383. The van der Waals surface area contributed by atoms with E-state index in [1.54, 1.807) is 54.4 Å². The van der Waals surface area contributed by atoms with Gasteiger partial charge in [0, 0.05) is 48.3 Å². The molecule has 1 aliphatic rings. The minimum absolute atomic E-state index is 0.000812. The van der Waals surface area contributed by atoms with E-state index in [2.05, 4.69) is 10.6 Å². The molecule has 0 saturated carbocycles. The third-order valence-electron chi connectivity index (χ3n) is 6.05. The lowest BCUT2D eigenvalue weighted by Crippen LogP contribution is -2.35. The van der Waals surface area contributed by atoms with Gasteiger partial charge in [-0.2, -0.15) is 0 Å². The first-order chi connectivity index (χ1) is 17.0. The number of carbonyl (C=O) groups excluding carboxylic acids is 3. The number of nitrogens with zero attached hydrogens (tertiary/aromatic N) is 2. The van der Waals surface area contributed by atoms with Crippen LogP contribution in [0.5, 0.6) is 0 Å². The molecule has 0 bridgehead atoms. The Balaban J connectivity index is 1.34. The summed E-state index contributed by atoms with van der Waals surface area (Å²) in [5.41, 5.74) is 3.14. The largest absolute Gasteiger partial charge is 0.376 e. The Hall–Kier alpha value is -4.13. The second-order valence-electron chi connectivity index (χ2n) is 8.62. The van der Waals surface area contributed by atoms with Crippen LogP contribution in [0.1, 0.15) is 40.0 Å². The minimum Gasteiger partial charge on any atom is -0.376 e. The van der Waals surface area contributed by atoms with E-state index in [0.717, 1.165) is 38.0 Å². The maximum atomic E-state index is 12.9. The molecule has 1 aliphatic heterocycles. The molecule has 0 radical (unpaired) electrons. The highest BCUT2D eigenvalue weighted by molar-refractivity contribution is 6.06. The summed E-state index contributed by atoms with van der Waals surface area (Å²) in [7, 11) is 1.73. The van der Waals surface area contributed by atoms with Gasteiger partial charge in [-0.15, -0.1) is 0 Å². The number of rotatable bonds is 7. The summed E-state index contributed by atoms with van der Waals surface area (Å²) in [6.45, 7) is 1.58. The first-order valence-corrected chi connectivity index (χ1v) is 11.9. The molecular formula is C28H30N4O3. The molecular weight excluding hydrogens is 440 g/mol. The Morgan fingerprint density at radius 3 is 2.20 bits per heavy atom. The van der Waals surface area contributed by atoms with Gasteiger partial charge in [0.05, 0.1) is 6.54 Å². The summed E-state index contributed by atoms with van der Waals surface area (Å²) in [4.78, 5) is 41.6. The lowest BCUT2D eigenvalue weighted by atomic mass is 10.1. The van der Waals surface area contributed by atoms with Gasteiger partial charge in [-0.3, -0.25) is 14.4 Å². The summed E-state index contributed by atoms with van der Waals surface area (Å²) in [6.07, 6.45) is 3.22. The molecule has 0 aliphatic carbocycles. The Bertz CT molecular complexity index is 1190. The highest BCUT2D eigenvalue weighted by Crippen LogP contribution is 2.18. The lowest BCUT2D eigenvalue weighted by molar-refractivity contribution is -0.114. The van der Waals surface area contributed by atoms with Crippen molar-refractivity contribution in [3.63, 3.8) is 0 Å². The van der Waals surface area contributed by atoms with E-state index in [1.165, 1.54) is 0 Å². The van der Waals surface area contributed by atoms with Crippen LogP contribution in [0.25, 0.3) is 0 Å². The van der Waals surface area contributed by atoms with E-state index in [9.17, 15) is 14.4 Å². The van der Waals surface area contributed by atoms with Crippen LogP contribution in [-0.4, -0.2) is 49.3 Å². The number of nitrogens with one attached hydrogen (secondary N) is 2. The molecule has 180 valence electrons. The molecule has 7 nitrogen and oxygen atoms in total. The highest BCUT2D eigenvalue weighted by Gasteiger charge is 2.18. The first kappa shape index (κ1) is 24.0. The number of piperidine rings is 1. The summed E-state index contributed by atoms with van der Waals surface area (Å²) >= 11 is 0. The number of carbonyl (C=O) groups is 3. The zero-order valence-corrected chi connectivity index (χ0v) is 19.9. The van der Waals surface area contributed by atoms with Crippen molar-refractivity contribution in [3.8, 4) is 0 Å². The molecule has 3 amide bonds. The van der Waals surface area contributed by atoms with Crippen LogP contribution in [0.2, 0.25) is 0 Å². The van der Waals surface area contributed by atoms with Crippen LogP contribution in [-0.2, 0) is 4.79 Å². The number of hydrogen-bond donors (Lipinski definition) is 2. The van der Waals surface area contributed by atoms with Crippen molar-refractivity contribution in [2.75, 3.05) is 42.2 Å². The van der Waals surface area contributed by atoms with Gasteiger partial charge >= 0.3 is 0 Å². The lowest BCUT2D eigenvalue weighted by Gasteiger charge is -2.26. The van der Waals surface area contributed by atoms with Gasteiger partial charge in [0.15, 0.2) is 0 Å². The zero-order valence-electron chi connectivity index (χ0n) is 19.9. The van der Waals surface area contributed by atoms with Gasteiger partial charge in [0.25, 0.3) is 11.8 Å². The van der Waals surface area contributed by atoms with Gasteiger partial charge in [0.2, 0.25) is 5.91 Å². The maximum absolute atomic E-state index is 12.9. The van der Waals surface area contributed by atoms with Crippen LogP contribution >= 0.6 is 0 Å². The maximum Gasteiger partial charge on any atom is 0.258 e. The van der Waals surface area contributed by atoms with Gasteiger partial charge in [-0.1, -0.05) is 30.3 Å². The van der Waals surface area contributed by atoms with Crippen molar-refractivity contribution in [2.45, 2.75) is 19.3 Å². The van der Waals surface area contributed by atoms with Crippen molar-refractivity contribution in [3.05, 3.63) is 90.0 Å². The molecule has 3 aromatic carbocycles. The molecule has 1 saturated heterocycles. The minimum atomic E-state index is -0.245. The Labute approximate surface area is 205 Å². The molecule has 0 atom stereocenters. The van der Waals surface area contributed by atoms with Crippen molar-refractivity contribution in [1.82, 2.24) is 4.90 Å². The Morgan fingerprint density at radius 2 is 1.46 bits per heavy atom. The summed E-state index contributed by atoms with van der Waals surface area (Å²) < 4.78 is 0. The number of anilines is 3. The van der Waals surface area contributed by atoms with Gasteiger partial charge in [0.1, 0.15) is 0 Å². The van der Waals surface area contributed by atoms with E-state index in [-0.39, 0.29) is 24.3 Å². The van der Waals surface area contributed by atoms with Crippen molar-refractivity contribution in [1.29, 1.82) is 0 Å². The predicted octanol–water partition coefficient (Wildman–Crippen LogP) is 4.64. The molecule has 1 fully saturated rings. The van der Waals surface area contributed by atoms with Crippen LogP contribution in [0, 0.1) is 0 Å². The zero-order chi connectivity index (χ0) is 24.6. The average molecular weight is 471 g/mol. The number of benzene rings is 3. The van der Waals surface area contributed by atoms with E-state index in [0.29, 0.717) is 22.5 Å². The second kappa shape index (κ2) is 11.3. The van der Waals surface area contributed by atoms with E-state index >= 15 is 0 Å². The van der Waals surface area contributed by atoms with Crippen LogP contribution in [0.3, 0.4) is 0 Å². The number of likely N-dealkylation sites (tertiary alicyclic amines) is 1. The SMILES string of the molecule is CN(C(=O)c1cccc(NCC(=O)Nc2cccc(C(=O)N3CCCCC3)c2)c1)c1ccccc1. The fourth-order valence-electron chi connectivity index (χ4n) is 4.12. The third kappa shape index (κ3) is 6.26. The van der Waals surface area contributed by atoms with Crippen LogP contribution in [0.4, 0.5) is 17.1 Å². The molecule has 4 rings (SSSR count). The number of hydrogen-bond acceptors (Lipinski definition) is 4. The standard InChI is InChI=1S/C28H30N4O3/c1-31(25-14-4-2-5-15-25)27(34)21-10-8-12-23(18-21)29-20-26(33)30-24-13-9-11-22(19-24)28(35)32-16-6-3-7-17-32/h2,4-5,8-15,18-19,29H,3,6-7,16-17,20H2,1H3,(H,30,33). The predicted molar refractivity (Wildman–Crippen MR) is 139 cm³/mol. The number of para-hydroxylation sites is 1. The van der Waals surface area contributed by atoms with Gasteiger partial charge < -0.3 is 20.4 Å². The Morgan fingerprint density at radius 1 is 0.800 bits per heavy atom. The smallest absolute Gasteiger partial charge is 0.258 e. The molecule has 0 unspecified atom stereocenters. The third-order valence-corrected chi connectivity index (χ3v) is 6.05. The molecule has 2 N–H and O–H groups in total. The highest BCUT2D eigenvalue weighted by atomic mass is 16.2. The van der Waals surface area contributed by atoms with E-state index < -0.39 is 0 Å². The van der Waals surface area contributed by atoms with E-state index in [1.807, 2.05) is 41.3 Å². The van der Waals surface area contributed by atoms with E-state index in [4.69, 9.17) is 0 Å². The van der Waals surface area contributed by atoms with Crippen molar-refractivity contribution in [2.24, 2.45) is 0 Å². The molecule has 0 spiro atoms. The van der Waals surface area contributed by atoms with Crippen molar-refractivity contribution < 1.29 is 14.4 Å². The van der Waals surface area contributed by atoms with Gasteiger partial charge in [-0.05, 0) is 67.8 Å². The second-order valence-corrected chi connectivity index (χ2v) is 8.62. The Kier molecular flexibility index (Phi) is 7.77. The van der Waals surface area contributed by atoms with Crippen LogP contribution < -0.4 is 15.5 Å². The van der Waals surface area contributed by atoms with Crippen LogP contribution in [0.15, 0.2) is 78.9 Å². The monoisotopic (exact) mass is 470 g/mol. The average Bonchev–Trinajstić information content (AvgIpc) is 2.92. The first-order valence-electron chi connectivity index (χ1n) is 11.9. The topological polar surface area (TPSA) is 81.8 Å². The molecule has 1 heterocycles. The molecule has 7 heteroatoms. The fraction of sp³-hybridized carbons (Fsp3) is 0.250. The quantitative estimate of drug-likeness (QED) is 0.527. The normalized spacial score (nSPS) is 13.1.